The molecule has 0 aliphatic carbocycles. The fraction of sp³-hybridized carbons (Fsp3) is 0.522. The van der Waals surface area contributed by atoms with E-state index >= 15 is 0 Å². The predicted octanol–water partition coefficient (Wildman–Crippen LogP) is 5.00. The van der Waals surface area contributed by atoms with Gasteiger partial charge in [-0.15, -0.1) is 0 Å². The number of carbonyl (C=O) groups excluding carboxylic acids is 2. The van der Waals surface area contributed by atoms with Crippen molar-refractivity contribution in [1.29, 1.82) is 0 Å². The van der Waals surface area contributed by atoms with Gasteiger partial charge in [0.25, 0.3) is 0 Å². The van der Waals surface area contributed by atoms with E-state index in [1.54, 1.807) is 4.90 Å². The molecule has 2 heterocycles. The molecule has 168 valence electrons. The van der Waals surface area contributed by atoms with Crippen LogP contribution >= 0.6 is 15.9 Å². The van der Waals surface area contributed by atoms with Gasteiger partial charge >= 0.3 is 12.1 Å². The largest absolute Gasteiger partial charge is 0.466 e. The first-order valence-corrected chi connectivity index (χ1v) is 11.5. The Bertz CT molecular complexity index is 888. The van der Waals surface area contributed by atoms with Crippen LogP contribution in [0.5, 0.6) is 0 Å². The molecular formula is C23H29BrN2O5. The van der Waals surface area contributed by atoms with Crippen LogP contribution in [-0.2, 0) is 20.7 Å². The minimum Gasteiger partial charge on any atom is -0.466 e. The summed E-state index contributed by atoms with van der Waals surface area (Å²) in [6, 6.07) is 7.75. The zero-order valence-electron chi connectivity index (χ0n) is 18.2. The highest BCUT2D eigenvalue weighted by Crippen LogP contribution is 2.27. The van der Waals surface area contributed by atoms with Crippen LogP contribution in [0, 0.1) is 18.8 Å². The van der Waals surface area contributed by atoms with E-state index in [1.165, 1.54) is 0 Å². The number of oxazole rings is 1. The van der Waals surface area contributed by atoms with Crippen molar-refractivity contribution in [2.24, 2.45) is 11.8 Å². The van der Waals surface area contributed by atoms with Crippen LogP contribution in [-0.4, -0.2) is 48.2 Å². The summed E-state index contributed by atoms with van der Waals surface area (Å²) in [5.74, 6) is 1.21. The van der Waals surface area contributed by atoms with Gasteiger partial charge in [-0.05, 0) is 56.9 Å². The Morgan fingerprint density at radius 1 is 1.23 bits per heavy atom. The van der Waals surface area contributed by atoms with Gasteiger partial charge in [0, 0.05) is 29.5 Å². The number of hydrogen-bond acceptors (Lipinski definition) is 6. The van der Waals surface area contributed by atoms with Crippen LogP contribution in [0.3, 0.4) is 0 Å². The van der Waals surface area contributed by atoms with E-state index in [9.17, 15) is 9.59 Å². The summed E-state index contributed by atoms with van der Waals surface area (Å²) in [5.41, 5.74) is 1.68. The SMILES string of the molecule is CCOC(=O)C(C)C1CCN(C(=O)OCCc2nc(-c3ccc(Br)cc3)oc2C)CC1. The number of carbonyl (C=O) groups is 2. The summed E-state index contributed by atoms with van der Waals surface area (Å²) < 4.78 is 17.3. The third-order valence-corrected chi connectivity index (χ3v) is 6.24. The van der Waals surface area contributed by atoms with Crippen LogP contribution in [0.15, 0.2) is 33.2 Å². The molecule has 0 spiro atoms. The summed E-state index contributed by atoms with van der Waals surface area (Å²) in [4.78, 5) is 30.6. The Morgan fingerprint density at radius 2 is 1.90 bits per heavy atom. The number of hydrogen-bond donors (Lipinski definition) is 0. The third kappa shape index (κ3) is 6.09. The quantitative estimate of drug-likeness (QED) is 0.505. The van der Waals surface area contributed by atoms with Gasteiger partial charge in [-0.2, -0.15) is 0 Å². The van der Waals surface area contributed by atoms with Crippen molar-refractivity contribution in [3.8, 4) is 11.5 Å². The van der Waals surface area contributed by atoms with Crippen molar-refractivity contribution >= 4 is 28.0 Å². The Balaban J connectivity index is 1.45. The van der Waals surface area contributed by atoms with Gasteiger partial charge in [0.2, 0.25) is 5.89 Å². The number of aromatic nitrogens is 1. The molecule has 1 aromatic carbocycles. The normalized spacial score (nSPS) is 15.5. The molecule has 0 saturated carbocycles. The van der Waals surface area contributed by atoms with Gasteiger partial charge < -0.3 is 18.8 Å². The summed E-state index contributed by atoms with van der Waals surface area (Å²) in [5, 5.41) is 0. The molecule has 0 radical (unpaired) electrons. The molecule has 1 amide bonds. The summed E-state index contributed by atoms with van der Waals surface area (Å²) in [6.45, 7) is 7.38. The lowest BCUT2D eigenvalue weighted by Crippen LogP contribution is -2.41. The zero-order valence-corrected chi connectivity index (χ0v) is 19.8. The highest BCUT2D eigenvalue weighted by molar-refractivity contribution is 9.10. The number of aryl methyl sites for hydroxylation is 1. The summed E-state index contributed by atoms with van der Waals surface area (Å²) in [6.07, 6.45) is 1.72. The third-order valence-electron chi connectivity index (χ3n) is 5.71. The number of benzene rings is 1. The fourth-order valence-corrected chi connectivity index (χ4v) is 4.01. The number of esters is 1. The second-order valence-electron chi connectivity index (χ2n) is 7.76. The van der Waals surface area contributed by atoms with E-state index in [1.807, 2.05) is 45.0 Å². The Kier molecular flexibility index (Phi) is 8.12. The summed E-state index contributed by atoms with van der Waals surface area (Å²) >= 11 is 3.42. The van der Waals surface area contributed by atoms with Gasteiger partial charge in [0.15, 0.2) is 0 Å². The first kappa shape index (κ1) is 23.3. The minimum atomic E-state index is -0.323. The lowest BCUT2D eigenvalue weighted by molar-refractivity contribution is -0.149. The average molecular weight is 493 g/mol. The number of likely N-dealkylation sites (tertiary alicyclic amines) is 1. The van der Waals surface area contributed by atoms with Crippen molar-refractivity contribution in [1.82, 2.24) is 9.88 Å². The molecule has 0 N–H and O–H groups in total. The van der Waals surface area contributed by atoms with Crippen molar-refractivity contribution in [3.63, 3.8) is 0 Å². The standard InChI is InChI=1S/C23H29BrN2O5/c1-4-29-22(27)15(2)17-9-12-26(13-10-17)23(28)30-14-11-20-16(3)31-21(25-20)18-5-7-19(24)8-6-18/h5-8,15,17H,4,9-14H2,1-3H3. The molecule has 8 heteroatoms. The Hall–Kier alpha value is -2.35. The van der Waals surface area contributed by atoms with E-state index in [0.29, 0.717) is 32.0 Å². The maximum Gasteiger partial charge on any atom is 0.409 e. The van der Waals surface area contributed by atoms with Crippen LogP contribution in [0.2, 0.25) is 0 Å². The number of ether oxygens (including phenoxy) is 2. The molecule has 2 aromatic rings. The number of rotatable bonds is 7. The highest BCUT2D eigenvalue weighted by Gasteiger charge is 2.31. The smallest absolute Gasteiger partial charge is 0.409 e. The van der Waals surface area contributed by atoms with Crippen LogP contribution in [0.25, 0.3) is 11.5 Å². The van der Waals surface area contributed by atoms with Crippen LogP contribution < -0.4 is 0 Å². The second-order valence-corrected chi connectivity index (χ2v) is 8.67. The molecular weight excluding hydrogens is 464 g/mol. The lowest BCUT2D eigenvalue weighted by Gasteiger charge is -2.33. The topological polar surface area (TPSA) is 81.9 Å². The summed E-state index contributed by atoms with van der Waals surface area (Å²) in [7, 11) is 0. The van der Waals surface area contributed by atoms with Crippen molar-refractivity contribution < 1.29 is 23.5 Å². The van der Waals surface area contributed by atoms with E-state index in [4.69, 9.17) is 13.9 Å². The molecule has 1 atom stereocenters. The van der Waals surface area contributed by atoms with Gasteiger partial charge in [0.1, 0.15) is 5.76 Å². The molecule has 1 fully saturated rings. The molecule has 3 rings (SSSR count). The molecule has 1 aliphatic heterocycles. The van der Waals surface area contributed by atoms with E-state index < -0.39 is 0 Å². The van der Waals surface area contributed by atoms with Gasteiger partial charge in [-0.3, -0.25) is 4.79 Å². The number of nitrogens with zero attached hydrogens (tertiary/aromatic N) is 2. The average Bonchev–Trinajstić information content (AvgIpc) is 3.14. The van der Waals surface area contributed by atoms with E-state index in [-0.39, 0.29) is 30.5 Å². The van der Waals surface area contributed by atoms with Crippen molar-refractivity contribution in [3.05, 3.63) is 40.2 Å². The first-order chi connectivity index (χ1) is 14.9. The maximum absolute atomic E-state index is 12.4. The van der Waals surface area contributed by atoms with Crippen LogP contribution in [0.1, 0.15) is 38.1 Å². The van der Waals surface area contributed by atoms with Gasteiger partial charge in [0.05, 0.1) is 24.8 Å². The molecule has 7 nitrogen and oxygen atoms in total. The fourth-order valence-electron chi connectivity index (χ4n) is 3.75. The predicted molar refractivity (Wildman–Crippen MR) is 120 cm³/mol. The van der Waals surface area contributed by atoms with Gasteiger partial charge in [-0.25, -0.2) is 9.78 Å². The Labute approximate surface area is 191 Å². The van der Waals surface area contributed by atoms with Crippen molar-refractivity contribution in [2.45, 2.75) is 40.0 Å². The molecule has 1 saturated heterocycles. The highest BCUT2D eigenvalue weighted by atomic mass is 79.9. The maximum atomic E-state index is 12.4. The molecule has 1 aromatic heterocycles. The monoisotopic (exact) mass is 492 g/mol. The molecule has 1 aliphatic rings. The second kappa shape index (κ2) is 10.8. The number of halogens is 1. The molecule has 1 unspecified atom stereocenters. The molecule has 31 heavy (non-hydrogen) atoms. The van der Waals surface area contributed by atoms with Gasteiger partial charge in [-0.1, -0.05) is 22.9 Å². The first-order valence-electron chi connectivity index (χ1n) is 10.7. The Morgan fingerprint density at radius 3 is 2.55 bits per heavy atom. The van der Waals surface area contributed by atoms with E-state index in [2.05, 4.69) is 20.9 Å². The number of amides is 1. The van der Waals surface area contributed by atoms with Crippen LogP contribution in [0.4, 0.5) is 4.79 Å². The zero-order chi connectivity index (χ0) is 22.4. The van der Waals surface area contributed by atoms with E-state index in [0.717, 1.165) is 34.3 Å². The van der Waals surface area contributed by atoms with Crippen molar-refractivity contribution in [2.75, 3.05) is 26.3 Å². The lowest BCUT2D eigenvalue weighted by atomic mass is 9.85. The molecule has 0 bridgehead atoms. The number of piperidine rings is 1. The minimum absolute atomic E-state index is 0.145.